The molecule has 5 nitrogen and oxygen atoms in total. The third kappa shape index (κ3) is 6.53. The van der Waals surface area contributed by atoms with Gasteiger partial charge in [0.05, 0.1) is 0 Å². The summed E-state index contributed by atoms with van der Waals surface area (Å²) in [6.45, 7) is 7.04. The second-order valence-corrected chi connectivity index (χ2v) is 5.85. The van der Waals surface area contributed by atoms with Crippen molar-refractivity contribution in [3.63, 3.8) is 0 Å². The fraction of sp³-hybridized carbons (Fsp3) is 0.875. The number of hydrogen-bond donors (Lipinski definition) is 1. The van der Waals surface area contributed by atoms with Gasteiger partial charge in [0.2, 0.25) is 11.8 Å². The van der Waals surface area contributed by atoms with Crippen molar-refractivity contribution in [1.29, 1.82) is 0 Å². The Morgan fingerprint density at radius 1 is 1.14 bits per heavy atom. The number of carbonyl (C=O) groups is 2. The van der Waals surface area contributed by atoms with Crippen molar-refractivity contribution in [2.24, 2.45) is 5.73 Å². The lowest BCUT2D eigenvalue weighted by molar-refractivity contribution is -0.139. The van der Waals surface area contributed by atoms with Gasteiger partial charge >= 0.3 is 0 Å². The van der Waals surface area contributed by atoms with E-state index < -0.39 is 0 Å². The lowest BCUT2D eigenvalue weighted by Gasteiger charge is -2.35. The summed E-state index contributed by atoms with van der Waals surface area (Å²) in [5, 5.41) is 0. The molecule has 2 N–H and O–H groups in total. The van der Waals surface area contributed by atoms with Crippen molar-refractivity contribution in [2.75, 3.05) is 26.2 Å². The third-order valence-electron chi connectivity index (χ3n) is 4.11. The summed E-state index contributed by atoms with van der Waals surface area (Å²) in [5.74, 6) is 0.194. The first-order chi connectivity index (χ1) is 10.1. The van der Waals surface area contributed by atoms with Crippen molar-refractivity contribution in [3.8, 4) is 0 Å². The first-order valence-corrected chi connectivity index (χ1v) is 8.41. The second-order valence-electron chi connectivity index (χ2n) is 5.85. The SMILES string of the molecule is CCCN(CCC)C(=O)CCC(=O)N1CCCCC1CN.Cl. The molecule has 0 bridgehead atoms. The zero-order valence-electron chi connectivity index (χ0n) is 14.1. The minimum Gasteiger partial charge on any atom is -0.343 e. The molecule has 0 aliphatic carbocycles. The van der Waals surface area contributed by atoms with Crippen molar-refractivity contribution >= 4 is 24.2 Å². The molecule has 6 heteroatoms. The van der Waals surface area contributed by atoms with Crippen LogP contribution in [0.15, 0.2) is 0 Å². The van der Waals surface area contributed by atoms with Gasteiger partial charge in [0.25, 0.3) is 0 Å². The molecule has 1 aliphatic rings. The maximum absolute atomic E-state index is 12.3. The van der Waals surface area contributed by atoms with Gasteiger partial charge in [-0.15, -0.1) is 12.4 Å². The Balaban J connectivity index is 0.00000441. The van der Waals surface area contributed by atoms with E-state index in [2.05, 4.69) is 13.8 Å². The molecule has 0 aromatic carbocycles. The number of amides is 2. The van der Waals surface area contributed by atoms with Crippen LogP contribution in [-0.4, -0.2) is 53.8 Å². The first-order valence-electron chi connectivity index (χ1n) is 8.41. The molecule has 2 amide bonds. The van der Waals surface area contributed by atoms with Gasteiger partial charge in [-0.1, -0.05) is 13.8 Å². The van der Waals surface area contributed by atoms with Crippen LogP contribution in [0, 0.1) is 0 Å². The third-order valence-corrected chi connectivity index (χ3v) is 4.11. The van der Waals surface area contributed by atoms with Gasteiger partial charge in [0.15, 0.2) is 0 Å². The van der Waals surface area contributed by atoms with E-state index in [4.69, 9.17) is 5.73 Å². The Hall–Kier alpha value is -0.810. The van der Waals surface area contributed by atoms with Crippen LogP contribution in [0.25, 0.3) is 0 Å². The minimum absolute atomic E-state index is 0. The van der Waals surface area contributed by atoms with Crippen molar-refractivity contribution in [1.82, 2.24) is 9.80 Å². The standard InChI is InChI=1S/C16H31N3O2.ClH/c1-3-10-18(11-4-2)15(20)8-9-16(21)19-12-6-5-7-14(19)13-17;/h14H,3-13,17H2,1-2H3;1H. The maximum atomic E-state index is 12.3. The van der Waals surface area contributed by atoms with Gasteiger partial charge in [-0.05, 0) is 32.1 Å². The highest BCUT2D eigenvalue weighted by atomic mass is 35.5. The molecule has 1 heterocycles. The Morgan fingerprint density at radius 3 is 2.32 bits per heavy atom. The van der Waals surface area contributed by atoms with Crippen LogP contribution < -0.4 is 5.73 Å². The van der Waals surface area contributed by atoms with Crippen molar-refractivity contribution in [3.05, 3.63) is 0 Å². The minimum atomic E-state index is 0. The van der Waals surface area contributed by atoms with E-state index in [9.17, 15) is 9.59 Å². The van der Waals surface area contributed by atoms with E-state index in [1.54, 1.807) is 0 Å². The number of carbonyl (C=O) groups excluding carboxylic acids is 2. The van der Waals surface area contributed by atoms with E-state index in [0.717, 1.165) is 51.7 Å². The van der Waals surface area contributed by atoms with Gasteiger partial charge in [-0.25, -0.2) is 0 Å². The van der Waals surface area contributed by atoms with Gasteiger partial charge < -0.3 is 15.5 Å². The molecule has 0 aromatic rings. The predicted molar refractivity (Wildman–Crippen MR) is 92.1 cm³/mol. The summed E-state index contributed by atoms with van der Waals surface area (Å²) in [7, 11) is 0. The lowest BCUT2D eigenvalue weighted by atomic mass is 10.0. The Labute approximate surface area is 141 Å². The molecule has 1 fully saturated rings. The molecule has 1 rings (SSSR count). The fourth-order valence-corrected chi connectivity index (χ4v) is 2.99. The van der Waals surface area contributed by atoms with Crippen LogP contribution in [0.4, 0.5) is 0 Å². The van der Waals surface area contributed by atoms with Gasteiger partial charge in [-0.3, -0.25) is 9.59 Å². The van der Waals surface area contributed by atoms with Crippen LogP contribution in [0.5, 0.6) is 0 Å². The smallest absolute Gasteiger partial charge is 0.223 e. The molecule has 22 heavy (non-hydrogen) atoms. The molecule has 1 atom stereocenters. The number of hydrogen-bond acceptors (Lipinski definition) is 3. The van der Waals surface area contributed by atoms with Crippen LogP contribution in [-0.2, 0) is 9.59 Å². The van der Waals surface area contributed by atoms with E-state index in [1.165, 1.54) is 0 Å². The summed E-state index contributed by atoms with van der Waals surface area (Å²) in [6, 6.07) is 0.170. The van der Waals surface area contributed by atoms with Crippen molar-refractivity contribution in [2.45, 2.75) is 64.8 Å². The van der Waals surface area contributed by atoms with Crippen LogP contribution in [0.1, 0.15) is 58.8 Å². The molecule has 130 valence electrons. The molecular formula is C16H32ClN3O2. The van der Waals surface area contributed by atoms with Gasteiger partial charge in [0, 0.05) is 45.1 Å². The van der Waals surface area contributed by atoms with Crippen LogP contribution in [0.2, 0.25) is 0 Å². The predicted octanol–water partition coefficient (Wildman–Crippen LogP) is 2.18. The average molecular weight is 334 g/mol. The molecule has 0 aromatic heterocycles. The first kappa shape index (κ1) is 21.2. The van der Waals surface area contributed by atoms with Crippen LogP contribution >= 0.6 is 12.4 Å². The normalized spacial score (nSPS) is 17.8. The number of halogens is 1. The molecule has 1 unspecified atom stereocenters. The molecule has 0 spiro atoms. The lowest BCUT2D eigenvalue weighted by Crippen LogP contribution is -2.47. The quantitative estimate of drug-likeness (QED) is 0.740. The van der Waals surface area contributed by atoms with Crippen LogP contribution in [0.3, 0.4) is 0 Å². The molecule has 1 saturated heterocycles. The fourth-order valence-electron chi connectivity index (χ4n) is 2.99. The summed E-state index contributed by atoms with van der Waals surface area (Å²) in [4.78, 5) is 28.3. The zero-order valence-corrected chi connectivity index (χ0v) is 14.9. The number of nitrogens with two attached hydrogens (primary N) is 1. The highest BCUT2D eigenvalue weighted by Gasteiger charge is 2.26. The van der Waals surface area contributed by atoms with Gasteiger partial charge in [0.1, 0.15) is 0 Å². The highest BCUT2D eigenvalue weighted by molar-refractivity contribution is 5.85. The number of likely N-dealkylation sites (tertiary alicyclic amines) is 1. The number of piperidine rings is 1. The summed E-state index contributed by atoms with van der Waals surface area (Å²) in [6.07, 6.45) is 5.75. The zero-order chi connectivity index (χ0) is 15.7. The van der Waals surface area contributed by atoms with E-state index in [1.807, 2.05) is 9.80 Å². The second kappa shape index (κ2) is 11.7. The maximum Gasteiger partial charge on any atom is 0.223 e. The Morgan fingerprint density at radius 2 is 1.77 bits per heavy atom. The van der Waals surface area contributed by atoms with E-state index in [-0.39, 0.29) is 30.3 Å². The van der Waals surface area contributed by atoms with E-state index >= 15 is 0 Å². The molecule has 0 radical (unpaired) electrons. The Bertz CT molecular complexity index is 333. The summed E-state index contributed by atoms with van der Waals surface area (Å²) >= 11 is 0. The van der Waals surface area contributed by atoms with Crippen molar-refractivity contribution < 1.29 is 9.59 Å². The van der Waals surface area contributed by atoms with Gasteiger partial charge in [-0.2, -0.15) is 0 Å². The van der Waals surface area contributed by atoms with E-state index in [0.29, 0.717) is 19.4 Å². The monoisotopic (exact) mass is 333 g/mol. The average Bonchev–Trinajstić information content (AvgIpc) is 2.52. The summed E-state index contributed by atoms with van der Waals surface area (Å²) in [5.41, 5.74) is 5.75. The molecular weight excluding hydrogens is 302 g/mol. The number of rotatable bonds is 8. The number of nitrogens with zero attached hydrogens (tertiary/aromatic N) is 2. The Kier molecular flexibility index (Phi) is 11.3. The largest absolute Gasteiger partial charge is 0.343 e. The topological polar surface area (TPSA) is 66.6 Å². The summed E-state index contributed by atoms with van der Waals surface area (Å²) < 4.78 is 0. The molecule has 0 saturated carbocycles. The molecule has 1 aliphatic heterocycles. The highest BCUT2D eigenvalue weighted by Crippen LogP contribution is 2.17.